The van der Waals surface area contributed by atoms with E-state index in [2.05, 4.69) is 11.1 Å². The smallest absolute Gasteiger partial charge is 0.184 e. The SMILES string of the molecule is Cn1ccnc1C1=C(C#N)C(N)Oc2ccc3ccccc3c21. The van der Waals surface area contributed by atoms with E-state index in [0.717, 1.165) is 21.9 Å². The van der Waals surface area contributed by atoms with E-state index in [-0.39, 0.29) is 0 Å². The van der Waals surface area contributed by atoms with Crippen molar-refractivity contribution >= 4 is 16.3 Å². The van der Waals surface area contributed by atoms with Gasteiger partial charge in [-0.2, -0.15) is 5.26 Å². The van der Waals surface area contributed by atoms with Gasteiger partial charge in [0.25, 0.3) is 0 Å². The van der Waals surface area contributed by atoms with Crippen molar-refractivity contribution in [1.29, 1.82) is 5.26 Å². The molecule has 3 aromatic rings. The van der Waals surface area contributed by atoms with Crippen LogP contribution in [0, 0.1) is 11.3 Å². The van der Waals surface area contributed by atoms with Crippen molar-refractivity contribution in [3.05, 3.63) is 65.8 Å². The summed E-state index contributed by atoms with van der Waals surface area (Å²) in [6.45, 7) is 0. The van der Waals surface area contributed by atoms with Crippen LogP contribution in [0.25, 0.3) is 16.3 Å². The van der Waals surface area contributed by atoms with Crippen LogP contribution >= 0.6 is 0 Å². The molecule has 2 aromatic carbocycles. The summed E-state index contributed by atoms with van der Waals surface area (Å²) in [6, 6.07) is 14.1. The number of aromatic nitrogens is 2. The predicted octanol–water partition coefficient (Wildman–Crippen LogP) is 2.58. The van der Waals surface area contributed by atoms with E-state index >= 15 is 0 Å². The maximum Gasteiger partial charge on any atom is 0.184 e. The summed E-state index contributed by atoms with van der Waals surface area (Å²) in [4.78, 5) is 4.42. The fraction of sp³-hybridized carbons (Fsp3) is 0.111. The Kier molecular flexibility index (Phi) is 2.93. The lowest BCUT2D eigenvalue weighted by Crippen LogP contribution is -2.33. The van der Waals surface area contributed by atoms with Crippen molar-refractivity contribution in [2.45, 2.75) is 6.23 Å². The van der Waals surface area contributed by atoms with Crippen LogP contribution in [-0.4, -0.2) is 15.8 Å². The van der Waals surface area contributed by atoms with Gasteiger partial charge in [0.15, 0.2) is 6.23 Å². The van der Waals surface area contributed by atoms with Gasteiger partial charge in [0, 0.05) is 30.6 Å². The molecule has 0 fully saturated rings. The normalized spacial score (nSPS) is 16.8. The molecule has 5 heteroatoms. The number of imidazole rings is 1. The van der Waals surface area contributed by atoms with Gasteiger partial charge in [-0.1, -0.05) is 30.3 Å². The molecule has 23 heavy (non-hydrogen) atoms. The van der Waals surface area contributed by atoms with E-state index in [9.17, 15) is 5.26 Å². The first kappa shape index (κ1) is 13.6. The number of hydrogen-bond acceptors (Lipinski definition) is 4. The molecule has 2 heterocycles. The Labute approximate surface area is 133 Å². The van der Waals surface area contributed by atoms with Gasteiger partial charge in [-0.3, -0.25) is 5.73 Å². The molecule has 1 unspecified atom stereocenters. The summed E-state index contributed by atoms with van der Waals surface area (Å²) in [5.74, 6) is 1.38. The molecule has 1 aliphatic heterocycles. The molecule has 2 N–H and O–H groups in total. The van der Waals surface area contributed by atoms with E-state index in [4.69, 9.17) is 10.5 Å². The van der Waals surface area contributed by atoms with Gasteiger partial charge >= 0.3 is 0 Å². The summed E-state index contributed by atoms with van der Waals surface area (Å²) in [5.41, 5.74) is 8.06. The van der Waals surface area contributed by atoms with E-state index in [1.165, 1.54) is 0 Å². The molecule has 112 valence electrons. The Hall–Kier alpha value is -3.10. The second-order valence-corrected chi connectivity index (χ2v) is 5.46. The molecule has 1 aromatic heterocycles. The highest BCUT2D eigenvalue weighted by atomic mass is 16.5. The zero-order chi connectivity index (χ0) is 16.0. The van der Waals surface area contributed by atoms with Gasteiger partial charge in [-0.15, -0.1) is 0 Å². The lowest BCUT2D eigenvalue weighted by Gasteiger charge is -2.26. The van der Waals surface area contributed by atoms with Crippen LogP contribution in [0.1, 0.15) is 11.4 Å². The topological polar surface area (TPSA) is 76.9 Å². The third kappa shape index (κ3) is 1.93. The lowest BCUT2D eigenvalue weighted by atomic mass is 9.91. The number of fused-ring (bicyclic) bond motifs is 3. The molecule has 0 saturated carbocycles. The highest BCUT2D eigenvalue weighted by Crippen LogP contribution is 2.42. The van der Waals surface area contributed by atoms with Crippen LogP contribution in [-0.2, 0) is 7.05 Å². The molecule has 1 atom stereocenters. The summed E-state index contributed by atoms with van der Waals surface area (Å²) in [7, 11) is 1.90. The number of ether oxygens (including phenoxy) is 1. The second-order valence-electron chi connectivity index (χ2n) is 5.46. The largest absolute Gasteiger partial charge is 0.470 e. The molecule has 0 radical (unpaired) electrons. The summed E-state index contributed by atoms with van der Waals surface area (Å²) >= 11 is 0. The second kappa shape index (κ2) is 4.97. The third-order valence-electron chi connectivity index (χ3n) is 4.11. The zero-order valence-electron chi connectivity index (χ0n) is 12.5. The van der Waals surface area contributed by atoms with Gasteiger partial charge in [0.1, 0.15) is 17.6 Å². The first-order chi connectivity index (χ1) is 11.2. The number of rotatable bonds is 1. The van der Waals surface area contributed by atoms with E-state index < -0.39 is 6.23 Å². The Balaban J connectivity index is 2.15. The summed E-state index contributed by atoms with van der Waals surface area (Å²) in [6.07, 6.45) is 2.77. The van der Waals surface area contributed by atoms with Gasteiger partial charge in [0.05, 0.1) is 5.57 Å². The maximum atomic E-state index is 9.61. The van der Waals surface area contributed by atoms with Crippen molar-refractivity contribution in [3.8, 4) is 11.8 Å². The minimum absolute atomic E-state index is 0.392. The van der Waals surface area contributed by atoms with Crippen LogP contribution < -0.4 is 10.5 Å². The summed E-state index contributed by atoms with van der Waals surface area (Å²) < 4.78 is 7.66. The highest BCUT2D eigenvalue weighted by Gasteiger charge is 2.30. The number of benzene rings is 2. The van der Waals surface area contributed by atoms with E-state index in [0.29, 0.717) is 17.1 Å². The highest BCUT2D eigenvalue weighted by molar-refractivity contribution is 6.01. The standard InChI is InChI=1S/C18H14N4O/c1-22-9-8-21-18(22)16-13(10-19)17(20)23-14-7-6-11-4-2-3-5-12(11)15(14)16/h2-9,17H,20H2,1H3. The van der Waals surface area contributed by atoms with Gasteiger partial charge in [-0.25, -0.2) is 4.98 Å². The molecule has 0 saturated heterocycles. The van der Waals surface area contributed by atoms with Crippen LogP contribution in [0.3, 0.4) is 0 Å². The molecule has 1 aliphatic rings. The molecule has 0 amide bonds. The molecule has 0 aliphatic carbocycles. The van der Waals surface area contributed by atoms with Crippen molar-refractivity contribution < 1.29 is 4.74 Å². The van der Waals surface area contributed by atoms with Crippen LogP contribution in [0.2, 0.25) is 0 Å². The van der Waals surface area contributed by atoms with Gasteiger partial charge in [0.2, 0.25) is 0 Å². The Morgan fingerprint density at radius 3 is 2.83 bits per heavy atom. The zero-order valence-corrected chi connectivity index (χ0v) is 12.5. The van der Waals surface area contributed by atoms with Gasteiger partial charge in [-0.05, 0) is 16.8 Å². The average Bonchev–Trinajstić information content (AvgIpc) is 2.99. The fourth-order valence-electron chi connectivity index (χ4n) is 3.04. The van der Waals surface area contributed by atoms with Crippen LogP contribution in [0.15, 0.2) is 54.4 Å². The lowest BCUT2D eigenvalue weighted by molar-refractivity contribution is 0.245. The minimum atomic E-state index is -0.791. The molecular formula is C18H14N4O. The monoisotopic (exact) mass is 302 g/mol. The number of nitriles is 1. The minimum Gasteiger partial charge on any atom is -0.470 e. The Morgan fingerprint density at radius 2 is 2.09 bits per heavy atom. The number of aryl methyl sites for hydroxylation is 1. The first-order valence-electron chi connectivity index (χ1n) is 7.27. The predicted molar refractivity (Wildman–Crippen MR) is 87.4 cm³/mol. The van der Waals surface area contributed by atoms with E-state index in [1.807, 2.05) is 54.2 Å². The fourth-order valence-corrected chi connectivity index (χ4v) is 3.04. The van der Waals surface area contributed by atoms with Crippen molar-refractivity contribution in [2.75, 3.05) is 0 Å². The summed E-state index contributed by atoms with van der Waals surface area (Å²) in [5, 5.41) is 11.7. The number of nitrogens with two attached hydrogens (primary N) is 1. The number of nitrogens with zero attached hydrogens (tertiary/aromatic N) is 3. The van der Waals surface area contributed by atoms with Gasteiger partial charge < -0.3 is 9.30 Å². The van der Waals surface area contributed by atoms with E-state index in [1.54, 1.807) is 6.20 Å². The maximum absolute atomic E-state index is 9.61. The molecule has 5 nitrogen and oxygen atoms in total. The molecular weight excluding hydrogens is 288 g/mol. The van der Waals surface area contributed by atoms with Crippen molar-refractivity contribution in [1.82, 2.24) is 9.55 Å². The molecule has 0 spiro atoms. The Morgan fingerprint density at radius 1 is 1.26 bits per heavy atom. The van der Waals surface area contributed by atoms with Crippen LogP contribution in [0.4, 0.5) is 0 Å². The van der Waals surface area contributed by atoms with Crippen molar-refractivity contribution in [2.24, 2.45) is 12.8 Å². The quantitative estimate of drug-likeness (QED) is 0.749. The third-order valence-corrected chi connectivity index (χ3v) is 4.11. The number of hydrogen-bond donors (Lipinski definition) is 1. The molecule has 0 bridgehead atoms. The molecule has 4 rings (SSSR count). The van der Waals surface area contributed by atoms with Crippen molar-refractivity contribution in [3.63, 3.8) is 0 Å². The van der Waals surface area contributed by atoms with Crippen LogP contribution in [0.5, 0.6) is 5.75 Å². The first-order valence-corrected chi connectivity index (χ1v) is 7.27. The average molecular weight is 302 g/mol. The Bertz CT molecular complexity index is 994.